The molecule has 0 aliphatic heterocycles. The number of amides is 1. The number of aliphatic hydroxyl groups is 1. The Kier molecular flexibility index (Phi) is 5.15. The first-order chi connectivity index (χ1) is 9.64. The summed E-state index contributed by atoms with van der Waals surface area (Å²) < 4.78 is 0. The minimum atomic E-state index is -0.589. The minimum absolute atomic E-state index is 0.00695. The Hall–Kier alpha value is -1.39. The fraction of sp³-hybridized carbons (Fsp3) is 0.562. The molecule has 1 aromatic rings. The standard InChI is InChI=1S/C16H24N2O2/c1-16(12-19,13-7-3-2-4-8-13)17-11-15(20)18-14-9-5-6-10-14/h2-4,7-8,14,17,19H,5-6,9-12H2,1H3,(H,18,20). The van der Waals surface area contributed by atoms with Crippen molar-refractivity contribution in [3.63, 3.8) is 0 Å². The van der Waals surface area contributed by atoms with E-state index in [1.54, 1.807) is 0 Å². The van der Waals surface area contributed by atoms with E-state index in [-0.39, 0.29) is 19.1 Å². The van der Waals surface area contributed by atoms with E-state index in [1.807, 2.05) is 37.3 Å². The van der Waals surface area contributed by atoms with Crippen LogP contribution in [0.15, 0.2) is 30.3 Å². The van der Waals surface area contributed by atoms with E-state index in [9.17, 15) is 9.90 Å². The van der Waals surface area contributed by atoms with Crippen LogP contribution in [0, 0.1) is 0 Å². The minimum Gasteiger partial charge on any atom is -0.394 e. The highest BCUT2D eigenvalue weighted by molar-refractivity contribution is 5.78. The van der Waals surface area contributed by atoms with Crippen molar-refractivity contribution >= 4 is 5.91 Å². The summed E-state index contributed by atoms with van der Waals surface area (Å²) >= 11 is 0. The lowest BCUT2D eigenvalue weighted by atomic mass is 9.93. The molecule has 110 valence electrons. The van der Waals surface area contributed by atoms with Gasteiger partial charge in [0, 0.05) is 6.04 Å². The molecule has 1 fully saturated rings. The second kappa shape index (κ2) is 6.86. The summed E-state index contributed by atoms with van der Waals surface area (Å²) in [6.07, 6.45) is 4.58. The molecule has 4 heteroatoms. The molecule has 1 aromatic carbocycles. The molecule has 4 nitrogen and oxygen atoms in total. The molecule has 1 aliphatic carbocycles. The maximum Gasteiger partial charge on any atom is 0.234 e. The van der Waals surface area contributed by atoms with E-state index in [0.29, 0.717) is 6.04 Å². The van der Waals surface area contributed by atoms with Crippen LogP contribution in [0.5, 0.6) is 0 Å². The summed E-state index contributed by atoms with van der Waals surface area (Å²) in [6, 6.07) is 10.1. The van der Waals surface area contributed by atoms with Crippen LogP contribution in [0.2, 0.25) is 0 Å². The number of nitrogens with one attached hydrogen (secondary N) is 2. The lowest BCUT2D eigenvalue weighted by Gasteiger charge is -2.29. The Balaban J connectivity index is 1.88. The molecule has 20 heavy (non-hydrogen) atoms. The molecule has 0 aromatic heterocycles. The number of benzene rings is 1. The van der Waals surface area contributed by atoms with Gasteiger partial charge in [-0.25, -0.2) is 0 Å². The Morgan fingerprint density at radius 1 is 1.30 bits per heavy atom. The van der Waals surface area contributed by atoms with E-state index in [0.717, 1.165) is 18.4 Å². The molecule has 1 atom stereocenters. The number of hydrogen-bond donors (Lipinski definition) is 3. The smallest absolute Gasteiger partial charge is 0.234 e. The number of carbonyl (C=O) groups excluding carboxylic acids is 1. The van der Waals surface area contributed by atoms with Gasteiger partial charge >= 0.3 is 0 Å². The van der Waals surface area contributed by atoms with Crippen LogP contribution in [-0.4, -0.2) is 30.2 Å². The summed E-state index contributed by atoms with van der Waals surface area (Å²) in [7, 11) is 0. The van der Waals surface area contributed by atoms with Gasteiger partial charge < -0.3 is 10.4 Å². The zero-order valence-electron chi connectivity index (χ0n) is 12.1. The fourth-order valence-electron chi connectivity index (χ4n) is 2.68. The van der Waals surface area contributed by atoms with E-state index in [4.69, 9.17) is 0 Å². The van der Waals surface area contributed by atoms with Crippen LogP contribution in [0.4, 0.5) is 0 Å². The molecule has 1 aliphatic rings. The average Bonchev–Trinajstić information content (AvgIpc) is 2.98. The van der Waals surface area contributed by atoms with Gasteiger partial charge in [0.25, 0.3) is 0 Å². The molecule has 0 bridgehead atoms. The van der Waals surface area contributed by atoms with Gasteiger partial charge in [-0.15, -0.1) is 0 Å². The third-order valence-electron chi connectivity index (χ3n) is 4.09. The highest BCUT2D eigenvalue weighted by atomic mass is 16.3. The van der Waals surface area contributed by atoms with Gasteiger partial charge in [-0.1, -0.05) is 43.2 Å². The third-order valence-corrected chi connectivity index (χ3v) is 4.09. The van der Waals surface area contributed by atoms with Crippen LogP contribution in [0.1, 0.15) is 38.2 Å². The van der Waals surface area contributed by atoms with Crippen molar-refractivity contribution in [3.8, 4) is 0 Å². The molecule has 0 radical (unpaired) electrons. The normalized spacial score (nSPS) is 18.7. The van der Waals surface area contributed by atoms with E-state index in [1.165, 1.54) is 12.8 Å². The van der Waals surface area contributed by atoms with Gasteiger partial charge in [-0.3, -0.25) is 10.1 Å². The molecule has 0 spiro atoms. The van der Waals surface area contributed by atoms with Crippen molar-refractivity contribution in [2.75, 3.05) is 13.2 Å². The molecule has 1 saturated carbocycles. The SMILES string of the molecule is CC(CO)(NCC(=O)NC1CCCC1)c1ccccc1. The van der Waals surface area contributed by atoms with E-state index >= 15 is 0 Å². The van der Waals surface area contributed by atoms with Crippen molar-refractivity contribution in [2.45, 2.75) is 44.2 Å². The Morgan fingerprint density at radius 2 is 1.95 bits per heavy atom. The topological polar surface area (TPSA) is 61.4 Å². The van der Waals surface area contributed by atoms with Crippen molar-refractivity contribution < 1.29 is 9.90 Å². The van der Waals surface area contributed by atoms with Gasteiger partial charge in [0.2, 0.25) is 5.91 Å². The Bertz CT molecular complexity index is 429. The quantitative estimate of drug-likeness (QED) is 0.738. The molecule has 1 amide bonds. The molecular weight excluding hydrogens is 252 g/mol. The van der Waals surface area contributed by atoms with Gasteiger partial charge in [-0.2, -0.15) is 0 Å². The average molecular weight is 276 g/mol. The molecule has 2 rings (SSSR count). The van der Waals surface area contributed by atoms with Crippen molar-refractivity contribution in [3.05, 3.63) is 35.9 Å². The first-order valence-corrected chi connectivity index (χ1v) is 7.35. The lowest BCUT2D eigenvalue weighted by Crippen LogP contribution is -2.48. The zero-order chi connectivity index (χ0) is 14.4. The highest BCUT2D eigenvalue weighted by Crippen LogP contribution is 2.20. The first kappa shape index (κ1) is 15.0. The maximum atomic E-state index is 11.9. The Labute approximate surface area is 120 Å². The molecule has 0 heterocycles. The lowest BCUT2D eigenvalue weighted by molar-refractivity contribution is -0.121. The third kappa shape index (κ3) is 3.81. The number of aliphatic hydroxyl groups excluding tert-OH is 1. The molecule has 1 unspecified atom stereocenters. The first-order valence-electron chi connectivity index (χ1n) is 7.35. The second-order valence-corrected chi connectivity index (χ2v) is 5.76. The van der Waals surface area contributed by atoms with Crippen molar-refractivity contribution in [2.24, 2.45) is 0 Å². The van der Waals surface area contributed by atoms with Gasteiger partial charge in [-0.05, 0) is 25.3 Å². The fourth-order valence-corrected chi connectivity index (χ4v) is 2.68. The van der Waals surface area contributed by atoms with E-state index in [2.05, 4.69) is 10.6 Å². The summed E-state index contributed by atoms with van der Waals surface area (Å²) in [5.41, 5.74) is 0.394. The van der Waals surface area contributed by atoms with Gasteiger partial charge in [0.05, 0.1) is 18.7 Å². The maximum absolute atomic E-state index is 11.9. The van der Waals surface area contributed by atoms with Crippen LogP contribution < -0.4 is 10.6 Å². The van der Waals surface area contributed by atoms with Crippen LogP contribution in [-0.2, 0) is 10.3 Å². The molecule has 3 N–H and O–H groups in total. The highest BCUT2D eigenvalue weighted by Gasteiger charge is 2.26. The summed E-state index contributed by atoms with van der Waals surface area (Å²) in [4.78, 5) is 11.9. The number of hydrogen-bond acceptors (Lipinski definition) is 3. The van der Waals surface area contributed by atoms with Crippen molar-refractivity contribution in [1.82, 2.24) is 10.6 Å². The van der Waals surface area contributed by atoms with Crippen LogP contribution in [0.25, 0.3) is 0 Å². The summed E-state index contributed by atoms with van der Waals surface area (Å²) in [5.74, 6) is 0.00695. The number of carbonyl (C=O) groups is 1. The largest absolute Gasteiger partial charge is 0.394 e. The Morgan fingerprint density at radius 3 is 2.55 bits per heavy atom. The van der Waals surface area contributed by atoms with Crippen molar-refractivity contribution in [1.29, 1.82) is 0 Å². The molecule has 0 saturated heterocycles. The molecular formula is C16H24N2O2. The van der Waals surface area contributed by atoms with Crippen LogP contribution in [0.3, 0.4) is 0 Å². The number of rotatable bonds is 6. The predicted octanol–water partition coefficient (Wildman–Crippen LogP) is 1.54. The summed E-state index contributed by atoms with van der Waals surface area (Å²) in [5, 5.41) is 15.9. The predicted molar refractivity (Wildman–Crippen MR) is 79.3 cm³/mol. The van der Waals surface area contributed by atoms with Crippen LogP contribution >= 0.6 is 0 Å². The monoisotopic (exact) mass is 276 g/mol. The second-order valence-electron chi connectivity index (χ2n) is 5.76. The summed E-state index contributed by atoms with van der Waals surface area (Å²) in [6.45, 7) is 2.08. The van der Waals surface area contributed by atoms with Gasteiger partial charge in [0.15, 0.2) is 0 Å². The van der Waals surface area contributed by atoms with Gasteiger partial charge in [0.1, 0.15) is 0 Å². The van der Waals surface area contributed by atoms with E-state index < -0.39 is 5.54 Å². The zero-order valence-corrected chi connectivity index (χ0v) is 12.1.